The van der Waals surface area contributed by atoms with Gasteiger partial charge in [-0.15, -0.1) is 0 Å². The number of rotatable bonds is 3. The number of nitrogen functional groups attached to an aromatic ring is 1. The molecule has 2 aromatic rings. The van der Waals surface area contributed by atoms with E-state index in [4.69, 9.17) is 10.5 Å². The van der Waals surface area contributed by atoms with Gasteiger partial charge in [-0.2, -0.15) is 0 Å². The first-order valence-electron chi connectivity index (χ1n) is 5.99. The summed E-state index contributed by atoms with van der Waals surface area (Å²) in [6.45, 7) is 4.04. The number of ether oxygens (including phenoxy) is 1. The average Bonchev–Trinajstić information content (AvgIpc) is 2.35. The first-order valence-corrected chi connectivity index (χ1v) is 5.99. The zero-order valence-corrected chi connectivity index (χ0v) is 11.0. The van der Waals surface area contributed by atoms with Crippen molar-refractivity contribution < 1.29 is 9.53 Å². The second-order valence-electron chi connectivity index (χ2n) is 4.58. The molecule has 2 N–H and O–H groups in total. The highest BCUT2D eigenvalue weighted by Gasteiger charge is 2.09. The molecule has 1 aromatic carbocycles. The van der Waals surface area contributed by atoms with Crippen LogP contribution in [0.5, 0.6) is 0 Å². The quantitative estimate of drug-likeness (QED) is 0.677. The molecule has 0 radical (unpaired) electrons. The molecule has 4 nitrogen and oxygen atoms in total. The minimum absolute atomic E-state index is 0.210. The maximum atomic E-state index is 11.9. The Kier molecular flexibility index (Phi) is 3.80. The van der Waals surface area contributed by atoms with E-state index in [1.54, 1.807) is 30.6 Å². The van der Waals surface area contributed by atoms with Crippen LogP contribution in [0.2, 0.25) is 0 Å². The fourth-order valence-corrected chi connectivity index (χ4v) is 1.86. The van der Waals surface area contributed by atoms with Crippen molar-refractivity contribution in [2.24, 2.45) is 0 Å². The molecule has 0 aliphatic carbocycles. The summed E-state index contributed by atoms with van der Waals surface area (Å²) >= 11 is 0. The normalized spacial score (nSPS) is 10.2. The minimum atomic E-state index is -0.378. The maximum Gasteiger partial charge on any atom is 0.338 e. The van der Waals surface area contributed by atoms with Crippen molar-refractivity contribution in [3.63, 3.8) is 0 Å². The maximum absolute atomic E-state index is 11.9. The summed E-state index contributed by atoms with van der Waals surface area (Å²) in [6.07, 6.45) is 3.44. The van der Waals surface area contributed by atoms with Crippen LogP contribution < -0.4 is 5.73 Å². The van der Waals surface area contributed by atoms with Crippen molar-refractivity contribution in [2.75, 3.05) is 5.73 Å². The van der Waals surface area contributed by atoms with Gasteiger partial charge >= 0.3 is 5.97 Å². The Hall–Kier alpha value is -2.36. The van der Waals surface area contributed by atoms with E-state index < -0.39 is 0 Å². The molecule has 1 aromatic heterocycles. The molecule has 0 aliphatic rings. The van der Waals surface area contributed by atoms with Gasteiger partial charge in [0.25, 0.3) is 0 Å². The topological polar surface area (TPSA) is 65.2 Å². The number of nitrogens with zero attached hydrogens (tertiary/aromatic N) is 1. The van der Waals surface area contributed by atoms with Crippen LogP contribution in [-0.4, -0.2) is 11.0 Å². The summed E-state index contributed by atoms with van der Waals surface area (Å²) in [5, 5.41) is 0. The van der Waals surface area contributed by atoms with Gasteiger partial charge in [-0.3, -0.25) is 4.98 Å². The summed E-state index contributed by atoms with van der Waals surface area (Å²) in [5.74, 6) is -0.378. The second kappa shape index (κ2) is 5.52. The van der Waals surface area contributed by atoms with Gasteiger partial charge in [0.15, 0.2) is 0 Å². The summed E-state index contributed by atoms with van der Waals surface area (Å²) in [6, 6.07) is 7.11. The molecule has 4 heteroatoms. The van der Waals surface area contributed by atoms with Gasteiger partial charge in [0.05, 0.1) is 5.56 Å². The van der Waals surface area contributed by atoms with Crippen LogP contribution in [0.15, 0.2) is 36.7 Å². The molecule has 19 heavy (non-hydrogen) atoms. The number of benzene rings is 1. The Labute approximate surface area is 112 Å². The lowest BCUT2D eigenvalue weighted by Crippen LogP contribution is -2.06. The fourth-order valence-electron chi connectivity index (χ4n) is 1.86. The van der Waals surface area contributed by atoms with Gasteiger partial charge in [-0.1, -0.05) is 0 Å². The minimum Gasteiger partial charge on any atom is -0.457 e. The number of esters is 1. The van der Waals surface area contributed by atoms with Crippen molar-refractivity contribution in [1.29, 1.82) is 0 Å². The molecule has 0 saturated heterocycles. The molecule has 0 aliphatic heterocycles. The highest BCUT2D eigenvalue weighted by atomic mass is 16.5. The van der Waals surface area contributed by atoms with E-state index in [9.17, 15) is 4.79 Å². The van der Waals surface area contributed by atoms with Gasteiger partial charge in [-0.25, -0.2) is 4.79 Å². The Bertz CT molecular complexity index is 589. The smallest absolute Gasteiger partial charge is 0.338 e. The van der Waals surface area contributed by atoms with E-state index in [1.807, 2.05) is 19.9 Å². The Balaban J connectivity index is 2.05. The first kappa shape index (κ1) is 13.1. The van der Waals surface area contributed by atoms with E-state index >= 15 is 0 Å². The number of hydrogen-bond acceptors (Lipinski definition) is 4. The van der Waals surface area contributed by atoms with Crippen LogP contribution in [0.1, 0.15) is 27.0 Å². The lowest BCUT2D eigenvalue weighted by atomic mass is 10.1. The molecule has 0 atom stereocenters. The molecule has 0 unspecified atom stereocenters. The average molecular weight is 256 g/mol. The third-order valence-corrected chi connectivity index (χ3v) is 2.64. The number of aromatic nitrogens is 1. The zero-order valence-electron chi connectivity index (χ0n) is 11.0. The monoisotopic (exact) mass is 256 g/mol. The lowest BCUT2D eigenvalue weighted by Gasteiger charge is -2.07. The molecular formula is C15H16N2O2. The lowest BCUT2D eigenvalue weighted by molar-refractivity contribution is 0.0472. The van der Waals surface area contributed by atoms with Crippen molar-refractivity contribution >= 4 is 11.7 Å². The molecule has 2 rings (SSSR count). The van der Waals surface area contributed by atoms with Crippen LogP contribution in [0, 0.1) is 13.8 Å². The number of hydrogen-bond donors (Lipinski definition) is 1. The van der Waals surface area contributed by atoms with E-state index in [0.29, 0.717) is 11.3 Å². The van der Waals surface area contributed by atoms with E-state index in [0.717, 1.165) is 16.7 Å². The Morgan fingerprint density at radius 1 is 1.16 bits per heavy atom. The van der Waals surface area contributed by atoms with Crippen LogP contribution in [0.25, 0.3) is 0 Å². The number of nitrogens with two attached hydrogens (primary N) is 1. The van der Waals surface area contributed by atoms with Gasteiger partial charge < -0.3 is 10.5 Å². The van der Waals surface area contributed by atoms with Gasteiger partial charge in [0.2, 0.25) is 0 Å². The predicted molar refractivity (Wildman–Crippen MR) is 73.7 cm³/mol. The Morgan fingerprint density at radius 2 is 1.95 bits per heavy atom. The fraction of sp³-hybridized carbons (Fsp3) is 0.200. The summed E-state index contributed by atoms with van der Waals surface area (Å²) < 4.78 is 5.24. The van der Waals surface area contributed by atoms with Crippen molar-refractivity contribution in [1.82, 2.24) is 4.98 Å². The summed E-state index contributed by atoms with van der Waals surface area (Å²) in [7, 11) is 0. The zero-order chi connectivity index (χ0) is 13.8. The number of aryl methyl sites for hydroxylation is 2. The van der Waals surface area contributed by atoms with Crippen LogP contribution in [0.4, 0.5) is 5.69 Å². The molecule has 98 valence electrons. The molecule has 1 heterocycles. The molecule has 0 spiro atoms. The number of carbonyl (C=O) groups excluding carboxylic acids is 1. The molecule has 0 amide bonds. The third kappa shape index (κ3) is 3.55. The van der Waals surface area contributed by atoms with Crippen molar-refractivity contribution in [3.8, 4) is 0 Å². The first-order chi connectivity index (χ1) is 9.04. The van der Waals surface area contributed by atoms with Crippen molar-refractivity contribution in [2.45, 2.75) is 20.5 Å². The molecule has 0 saturated carbocycles. The van der Waals surface area contributed by atoms with Crippen LogP contribution in [0.3, 0.4) is 0 Å². The second-order valence-corrected chi connectivity index (χ2v) is 4.58. The van der Waals surface area contributed by atoms with Gasteiger partial charge in [0.1, 0.15) is 6.61 Å². The van der Waals surface area contributed by atoms with Crippen molar-refractivity contribution in [3.05, 3.63) is 58.9 Å². The van der Waals surface area contributed by atoms with E-state index in [-0.39, 0.29) is 12.6 Å². The number of carbonyl (C=O) groups is 1. The van der Waals surface area contributed by atoms with Gasteiger partial charge in [-0.05, 0) is 49.2 Å². The number of anilines is 1. The van der Waals surface area contributed by atoms with Crippen LogP contribution >= 0.6 is 0 Å². The largest absolute Gasteiger partial charge is 0.457 e. The third-order valence-electron chi connectivity index (χ3n) is 2.64. The number of pyridine rings is 1. The molecular weight excluding hydrogens is 240 g/mol. The molecule has 0 fully saturated rings. The van der Waals surface area contributed by atoms with Crippen LogP contribution in [-0.2, 0) is 11.3 Å². The standard InChI is InChI=1S/C15H16N2O2/c1-10-4-13(6-14(16)5-10)15(18)19-9-12-3-11(2)7-17-8-12/h3-8H,9,16H2,1-2H3. The summed E-state index contributed by atoms with van der Waals surface area (Å²) in [4.78, 5) is 16.0. The Morgan fingerprint density at radius 3 is 2.63 bits per heavy atom. The van der Waals surface area contributed by atoms with E-state index in [2.05, 4.69) is 4.98 Å². The molecule has 0 bridgehead atoms. The highest BCUT2D eigenvalue weighted by Crippen LogP contribution is 2.13. The van der Waals surface area contributed by atoms with E-state index in [1.165, 1.54) is 0 Å². The highest BCUT2D eigenvalue weighted by molar-refractivity contribution is 5.90. The predicted octanol–water partition coefficient (Wildman–Crippen LogP) is 2.64. The summed E-state index contributed by atoms with van der Waals surface area (Å²) in [5.41, 5.74) is 9.58. The van der Waals surface area contributed by atoms with Gasteiger partial charge in [0, 0.05) is 23.6 Å². The SMILES string of the molecule is Cc1cncc(COC(=O)c2cc(C)cc(N)c2)c1.